The second-order valence-electron chi connectivity index (χ2n) is 6.83. The molecule has 0 atom stereocenters. The first-order chi connectivity index (χ1) is 15.1. The van der Waals surface area contributed by atoms with Crippen molar-refractivity contribution in [2.75, 3.05) is 26.1 Å². The summed E-state index contributed by atoms with van der Waals surface area (Å²) in [4.78, 5) is 24.9. The number of aryl methyl sites for hydroxylation is 2. The summed E-state index contributed by atoms with van der Waals surface area (Å²) in [6.45, 7) is -0.410. The average molecular weight is 419 g/mol. The predicted octanol–water partition coefficient (Wildman–Crippen LogP) is 4.28. The van der Waals surface area contributed by atoms with Crippen LogP contribution in [0.1, 0.15) is 21.5 Å². The molecule has 6 nitrogen and oxygen atoms in total. The van der Waals surface area contributed by atoms with Crippen LogP contribution in [-0.2, 0) is 22.4 Å². The van der Waals surface area contributed by atoms with Gasteiger partial charge in [-0.2, -0.15) is 0 Å². The third-order valence-electron chi connectivity index (χ3n) is 4.78. The van der Waals surface area contributed by atoms with Crippen molar-refractivity contribution in [3.63, 3.8) is 0 Å². The Kier molecular flexibility index (Phi) is 7.65. The first-order valence-electron chi connectivity index (χ1n) is 9.91. The molecule has 0 fully saturated rings. The highest BCUT2D eigenvalue weighted by molar-refractivity contribution is 5.97. The molecule has 6 heteroatoms. The predicted molar refractivity (Wildman–Crippen MR) is 119 cm³/mol. The van der Waals surface area contributed by atoms with E-state index >= 15 is 0 Å². The minimum absolute atomic E-state index is 0.410. The molecule has 1 N–H and O–H groups in total. The van der Waals surface area contributed by atoms with Crippen molar-refractivity contribution in [3.8, 4) is 11.5 Å². The Bertz CT molecular complexity index is 1030. The van der Waals surface area contributed by atoms with Crippen molar-refractivity contribution in [1.82, 2.24) is 0 Å². The lowest BCUT2D eigenvalue weighted by Gasteiger charge is -2.12. The van der Waals surface area contributed by atoms with Gasteiger partial charge in [0.2, 0.25) is 0 Å². The molecule has 3 aromatic carbocycles. The van der Waals surface area contributed by atoms with Crippen LogP contribution >= 0.6 is 0 Å². The number of carbonyl (C=O) groups is 2. The molecule has 0 aliphatic rings. The van der Waals surface area contributed by atoms with Gasteiger partial charge in [0.05, 0.1) is 25.5 Å². The Labute approximate surface area is 181 Å². The molecule has 0 bridgehead atoms. The summed E-state index contributed by atoms with van der Waals surface area (Å²) >= 11 is 0. The van der Waals surface area contributed by atoms with Gasteiger partial charge in [-0.05, 0) is 42.2 Å². The molecule has 0 spiro atoms. The molecule has 31 heavy (non-hydrogen) atoms. The number of methoxy groups -OCH3 is 2. The third kappa shape index (κ3) is 6.09. The van der Waals surface area contributed by atoms with Crippen LogP contribution in [0.3, 0.4) is 0 Å². The van der Waals surface area contributed by atoms with Gasteiger partial charge in [0.25, 0.3) is 5.91 Å². The number of anilines is 1. The van der Waals surface area contributed by atoms with Gasteiger partial charge in [-0.1, -0.05) is 48.5 Å². The average Bonchev–Trinajstić information content (AvgIpc) is 2.82. The quantitative estimate of drug-likeness (QED) is 0.524. The summed E-state index contributed by atoms with van der Waals surface area (Å²) in [5.74, 6) is 0.0465. The first kappa shape index (κ1) is 21.9. The van der Waals surface area contributed by atoms with Gasteiger partial charge in [0.15, 0.2) is 6.61 Å². The van der Waals surface area contributed by atoms with Gasteiger partial charge in [-0.15, -0.1) is 0 Å². The lowest BCUT2D eigenvalue weighted by molar-refractivity contribution is -0.119. The van der Waals surface area contributed by atoms with E-state index in [9.17, 15) is 9.59 Å². The van der Waals surface area contributed by atoms with E-state index in [1.54, 1.807) is 30.3 Å². The van der Waals surface area contributed by atoms with Crippen molar-refractivity contribution >= 4 is 17.6 Å². The highest BCUT2D eigenvalue weighted by Crippen LogP contribution is 2.28. The van der Waals surface area contributed by atoms with E-state index in [4.69, 9.17) is 14.2 Å². The molecule has 0 heterocycles. The minimum Gasteiger partial charge on any atom is -0.497 e. The van der Waals surface area contributed by atoms with Crippen LogP contribution in [0.15, 0.2) is 72.8 Å². The summed E-state index contributed by atoms with van der Waals surface area (Å²) in [6, 6.07) is 22.4. The fraction of sp³-hybridized carbons (Fsp3) is 0.200. The molecule has 0 saturated heterocycles. The maximum Gasteiger partial charge on any atom is 0.338 e. The van der Waals surface area contributed by atoms with E-state index in [1.165, 1.54) is 19.8 Å². The normalized spacial score (nSPS) is 10.3. The van der Waals surface area contributed by atoms with Gasteiger partial charge in [-0.25, -0.2) is 4.79 Å². The molecule has 0 radical (unpaired) electrons. The number of esters is 1. The zero-order valence-corrected chi connectivity index (χ0v) is 17.6. The molecule has 0 saturated carbocycles. The SMILES string of the molecule is COc1ccc(OC)c(NC(=O)COC(=O)c2ccccc2CCc2ccccc2)c1. The first-order valence-corrected chi connectivity index (χ1v) is 9.91. The topological polar surface area (TPSA) is 73.9 Å². The second kappa shape index (κ2) is 10.8. The van der Waals surface area contributed by atoms with Gasteiger partial charge in [0.1, 0.15) is 11.5 Å². The van der Waals surface area contributed by atoms with E-state index in [-0.39, 0.29) is 0 Å². The van der Waals surface area contributed by atoms with Crippen LogP contribution in [0.25, 0.3) is 0 Å². The van der Waals surface area contributed by atoms with Crippen LogP contribution in [0.4, 0.5) is 5.69 Å². The smallest absolute Gasteiger partial charge is 0.338 e. The van der Waals surface area contributed by atoms with Crippen molar-refractivity contribution in [3.05, 3.63) is 89.5 Å². The third-order valence-corrected chi connectivity index (χ3v) is 4.78. The van der Waals surface area contributed by atoms with Crippen molar-refractivity contribution in [2.45, 2.75) is 12.8 Å². The molecule has 1 amide bonds. The molecule has 0 aromatic heterocycles. The maximum atomic E-state index is 12.6. The van der Waals surface area contributed by atoms with E-state index in [2.05, 4.69) is 17.4 Å². The van der Waals surface area contributed by atoms with E-state index in [0.717, 1.165) is 12.0 Å². The molecular formula is C25H25NO5. The summed E-state index contributed by atoms with van der Waals surface area (Å²) < 4.78 is 15.7. The van der Waals surface area contributed by atoms with Crippen LogP contribution < -0.4 is 14.8 Å². The van der Waals surface area contributed by atoms with Crippen LogP contribution in [0, 0.1) is 0 Å². The number of benzene rings is 3. The highest BCUT2D eigenvalue weighted by Gasteiger charge is 2.15. The highest BCUT2D eigenvalue weighted by atomic mass is 16.5. The number of nitrogens with one attached hydrogen (secondary N) is 1. The second-order valence-corrected chi connectivity index (χ2v) is 6.83. The number of carbonyl (C=O) groups excluding carboxylic acids is 2. The van der Waals surface area contributed by atoms with E-state index in [0.29, 0.717) is 29.2 Å². The Morgan fingerprint density at radius 1 is 0.839 bits per heavy atom. The Hall–Kier alpha value is -3.80. The van der Waals surface area contributed by atoms with Crippen LogP contribution in [0.2, 0.25) is 0 Å². The lowest BCUT2D eigenvalue weighted by atomic mass is 10.00. The summed E-state index contributed by atoms with van der Waals surface area (Å²) in [7, 11) is 3.04. The van der Waals surface area contributed by atoms with Crippen LogP contribution in [0.5, 0.6) is 11.5 Å². The fourth-order valence-electron chi connectivity index (χ4n) is 3.17. The zero-order chi connectivity index (χ0) is 22.1. The summed E-state index contributed by atoms with van der Waals surface area (Å²) in [6.07, 6.45) is 1.50. The molecular weight excluding hydrogens is 394 g/mol. The number of hydrogen-bond acceptors (Lipinski definition) is 5. The Balaban J connectivity index is 1.60. The van der Waals surface area contributed by atoms with Gasteiger partial charge >= 0.3 is 5.97 Å². The Morgan fingerprint density at radius 2 is 1.58 bits per heavy atom. The molecule has 0 unspecified atom stereocenters. The van der Waals surface area contributed by atoms with Crippen LogP contribution in [-0.4, -0.2) is 32.7 Å². The molecule has 3 aromatic rings. The van der Waals surface area contributed by atoms with Crippen molar-refractivity contribution in [1.29, 1.82) is 0 Å². The van der Waals surface area contributed by atoms with Gasteiger partial charge < -0.3 is 19.5 Å². The maximum absolute atomic E-state index is 12.6. The van der Waals surface area contributed by atoms with Crippen molar-refractivity contribution in [2.24, 2.45) is 0 Å². The molecule has 160 valence electrons. The van der Waals surface area contributed by atoms with Gasteiger partial charge in [-0.3, -0.25) is 4.79 Å². The lowest BCUT2D eigenvalue weighted by Crippen LogP contribution is -2.21. The standard InChI is InChI=1S/C25H25NO5/c1-29-20-14-15-23(30-2)22(16-20)26-24(27)17-31-25(28)21-11-7-6-10-19(21)13-12-18-8-4-3-5-9-18/h3-11,14-16H,12-13,17H2,1-2H3,(H,26,27). The largest absolute Gasteiger partial charge is 0.497 e. The summed E-state index contributed by atoms with van der Waals surface area (Å²) in [5.41, 5.74) is 2.97. The number of hydrogen-bond donors (Lipinski definition) is 1. The summed E-state index contributed by atoms with van der Waals surface area (Å²) in [5, 5.41) is 2.68. The molecule has 3 rings (SSSR count). The minimum atomic E-state index is -0.531. The number of ether oxygens (including phenoxy) is 3. The Morgan fingerprint density at radius 3 is 2.32 bits per heavy atom. The number of rotatable bonds is 9. The number of amides is 1. The zero-order valence-electron chi connectivity index (χ0n) is 17.6. The molecule has 0 aliphatic carbocycles. The molecule has 0 aliphatic heterocycles. The van der Waals surface area contributed by atoms with E-state index in [1.807, 2.05) is 30.3 Å². The van der Waals surface area contributed by atoms with Crippen molar-refractivity contribution < 1.29 is 23.8 Å². The fourth-order valence-corrected chi connectivity index (χ4v) is 3.17. The van der Waals surface area contributed by atoms with E-state index < -0.39 is 18.5 Å². The van der Waals surface area contributed by atoms with Gasteiger partial charge in [0, 0.05) is 6.07 Å². The monoisotopic (exact) mass is 419 g/mol.